The molecule has 0 amide bonds. The van der Waals surface area contributed by atoms with Gasteiger partial charge >= 0.3 is 5.97 Å². The summed E-state index contributed by atoms with van der Waals surface area (Å²) in [6.45, 7) is 12.8. The number of nitrogens with zero attached hydrogens (tertiary/aromatic N) is 1. The molecule has 2 N–H and O–H groups in total. The second kappa shape index (κ2) is 10.8. The molecule has 1 aromatic rings. The van der Waals surface area contributed by atoms with E-state index in [1.54, 1.807) is 32.1 Å². The molecule has 1 aromatic heterocycles. The van der Waals surface area contributed by atoms with Gasteiger partial charge in [0.25, 0.3) is 0 Å². The second-order valence-electron chi connectivity index (χ2n) is 11.3. The van der Waals surface area contributed by atoms with E-state index in [2.05, 4.69) is 11.9 Å². The maximum absolute atomic E-state index is 13.2. The molecule has 7 nitrogen and oxygen atoms in total. The first-order valence-electron chi connectivity index (χ1n) is 12.6. The Kier molecular flexibility index (Phi) is 8.62. The van der Waals surface area contributed by atoms with Crippen LogP contribution < -0.4 is 0 Å². The average molecular weight is 508 g/mol. The van der Waals surface area contributed by atoms with Crippen LogP contribution in [-0.2, 0) is 19.1 Å². The number of aromatic nitrogens is 1. The van der Waals surface area contributed by atoms with E-state index >= 15 is 0 Å². The van der Waals surface area contributed by atoms with E-state index in [4.69, 9.17) is 9.47 Å². The van der Waals surface area contributed by atoms with Gasteiger partial charge in [-0.05, 0) is 51.2 Å². The number of aliphatic hydroxyl groups is 2. The molecule has 35 heavy (non-hydrogen) atoms. The summed E-state index contributed by atoms with van der Waals surface area (Å²) in [6.07, 6.45) is 1.98. The highest BCUT2D eigenvalue weighted by Crippen LogP contribution is 2.45. The molecule has 0 radical (unpaired) electrons. The van der Waals surface area contributed by atoms with Crippen LogP contribution >= 0.6 is 11.3 Å². The number of hydrogen-bond acceptors (Lipinski definition) is 8. The van der Waals surface area contributed by atoms with E-state index < -0.39 is 35.6 Å². The highest BCUT2D eigenvalue weighted by molar-refractivity contribution is 7.09. The number of Topliss-reactive ketones (excluding diaryl/α,β-unsaturated/α-hetero) is 1. The molecule has 0 spiro atoms. The van der Waals surface area contributed by atoms with Crippen LogP contribution in [-0.4, -0.2) is 57.0 Å². The molecule has 8 heteroatoms. The molecule has 0 aromatic carbocycles. The minimum atomic E-state index is -1.23. The van der Waals surface area contributed by atoms with Crippen molar-refractivity contribution in [2.45, 2.75) is 111 Å². The van der Waals surface area contributed by atoms with Gasteiger partial charge in [0, 0.05) is 17.7 Å². The SMILES string of the molecule is CC(=Cc1csc(C)n1)[C@@H]1C[C@@H]2O[C@@]2(C)CCC[C@H](C)[C@H](O)[C@@H](C)C(=O)C(C)(C)[C@@H](O)CC(=O)O1. The molecule has 0 unspecified atom stereocenters. The molecule has 2 aliphatic heterocycles. The number of aryl methyl sites for hydroxylation is 1. The van der Waals surface area contributed by atoms with E-state index in [9.17, 15) is 19.8 Å². The van der Waals surface area contributed by atoms with Crippen molar-refractivity contribution in [2.24, 2.45) is 17.3 Å². The van der Waals surface area contributed by atoms with Crippen LogP contribution in [0.5, 0.6) is 0 Å². The van der Waals surface area contributed by atoms with Gasteiger partial charge in [0.05, 0.1) is 46.5 Å². The monoisotopic (exact) mass is 507 g/mol. The fraction of sp³-hybridized carbons (Fsp3) is 0.741. The summed E-state index contributed by atoms with van der Waals surface area (Å²) in [6, 6.07) is 0. The van der Waals surface area contributed by atoms with Gasteiger partial charge in [0.15, 0.2) is 0 Å². The zero-order chi connectivity index (χ0) is 26.1. The van der Waals surface area contributed by atoms with Crippen molar-refractivity contribution in [3.63, 3.8) is 0 Å². The van der Waals surface area contributed by atoms with Crippen molar-refractivity contribution in [3.05, 3.63) is 21.7 Å². The van der Waals surface area contributed by atoms with Crippen molar-refractivity contribution in [2.75, 3.05) is 0 Å². The molecule has 3 heterocycles. The molecular weight excluding hydrogens is 466 g/mol. The summed E-state index contributed by atoms with van der Waals surface area (Å²) in [7, 11) is 0. The maximum Gasteiger partial charge on any atom is 0.309 e. The number of esters is 1. The zero-order valence-electron chi connectivity index (χ0n) is 22.0. The summed E-state index contributed by atoms with van der Waals surface area (Å²) < 4.78 is 11.9. The van der Waals surface area contributed by atoms with Crippen molar-refractivity contribution in [1.82, 2.24) is 4.98 Å². The third kappa shape index (κ3) is 6.59. The van der Waals surface area contributed by atoms with E-state index in [1.165, 1.54) is 0 Å². The lowest BCUT2D eigenvalue weighted by molar-refractivity contribution is -0.154. The number of epoxide rings is 1. The summed E-state index contributed by atoms with van der Waals surface area (Å²) in [5.41, 5.74) is 0.179. The first-order valence-corrected chi connectivity index (χ1v) is 13.5. The van der Waals surface area contributed by atoms with Gasteiger partial charge in [-0.3, -0.25) is 9.59 Å². The smallest absolute Gasteiger partial charge is 0.309 e. The Morgan fingerprint density at radius 1 is 1.23 bits per heavy atom. The van der Waals surface area contributed by atoms with Gasteiger partial charge in [-0.15, -0.1) is 11.3 Å². The molecule has 2 saturated heterocycles. The first kappa shape index (κ1) is 28.0. The van der Waals surface area contributed by atoms with Crippen molar-refractivity contribution in [1.29, 1.82) is 0 Å². The van der Waals surface area contributed by atoms with Crippen LogP contribution in [0.4, 0.5) is 0 Å². The van der Waals surface area contributed by atoms with Crippen LogP contribution in [0, 0.1) is 24.2 Å². The topological polar surface area (TPSA) is 109 Å². The number of cyclic esters (lactones) is 1. The van der Waals surface area contributed by atoms with Crippen LogP contribution in [0.25, 0.3) is 6.08 Å². The predicted molar refractivity (Wildman–Crippen MR) is 136 cm³/mol. The lowest BCUT2D eigenvalue weighted by atomic mass is 9.73. The number of hydrogen-bond donors (Lipinski definition) is 2. The molecule has 0 saturated carbocycles. The van der Waals surface area contributed by atoms with Crippen LogP contribution in [0.15, 0.2) is 11.0 Å². The number of ketones is 1. The highest BCUT2D eigenvalue weighted by Gasteiger charge is 2.53. The van der Waals surface area contributed by atoms with Crippen molar-refractivity contribution >= 4 is 29.2 Å². The van der Waals surface area contributed by atoms with E-state index in [1.807, 2.05) is 32.2 Å². The number of carbonyl (C=O) groups is 2. The molecule has 7 atom stereocenters. The Balaban J connectivity index is 1.85. The second-order valence-corrected chi connectivity index (χ2v) is 12.3. The minimum absolute atomic E-state index is 0.0455. The van der Waals surface area contributed by atoms with Gasteiger partial charge in [0.1, 0.15) is 11.9 Å². The number of carbonyl (C=O) groups excluding carboxylic acids is 2. The van der Waals surface area contributed by atoms with Crippen LogP contribution in [0.2, 0.25) is 0 Å². The molecule has 2 aliphatic rings. The Hall–Kier alpha value is -1.61. The minimum Gasteiger partial charge on any atom is -0.458 e. The van der Waals surface area contributed by atoms with Crippen molar-refractivity contribution in [3.8, 4) is 0 Å². The highest BCUT2D eigenvalue weighted by atomic mass is 32.1. The molecule has 0 aliphatic carbocycles. The van der Waals surface area contributed by atoms with Gasteiger partial charge in [0.2, 0.25) is 0 Å². The Labute approximate surface area is 212 Å². The molecule has 196 valence electrons. The standard InChI is InChI=1S/C27H41NO6S/c1-15-9-8-10-27(7)22(34-27)12-20(16(2)11-19-14-35-18(4)28-19)33-23(30)13-21(29)26(5,6)25(32)17(3)24(15)31/h11,14-15,17,20-22,24,29,31H,8-10,12-13H2,1-7H3/t15-,17+,20-,21-,22-,24-,27-/m0/s1. The van der Waals surface area contributed by atoms with Crippen molar-refractivity contribution < 1.29 is 29.3 Å². The first-order chi connectivity index (χ1) is 16.2. The molecular formula is C27H41NO6S. The maximum atomic E-state index is 13.2. The fourth-order valence-corrected chi connectivity index (χ4v) is 5.64. The quantitative estimate of drug-likeness (QED) is 0.449. The third-order valence-electron chi connectivity index (χ3n) is 7.93. The molecule has 2 fully saturated rings. The lowest BCUT2D eigenvalue weighted by Gasteiger charge is -2.34. The number of rotatable bonds is 2. The molecule has 0 bridgehead atoms. The van der Waals surface area contributed by atoms with Gasteiger partial charge in [-0.1, -0.05) is 34.1 Å². The van der Waals surface area contributed by atoms with Gasteiger partial charge in [-0.2, -0.15) is 0 Å². The summed E-state index contributed by atoms with van der Waals surface area (Å²) in [5, 5.41) is 24.6. The predicted octanol–water partition coefficient (Wildman–Crippen LogP) is 4.48. The lowest BCUT2D eigenvalue weighted by Crippen LogP contribution is -2.45. The summed E-state index contributed by atoms with van der Waals surface area (Å²) >= 11 is 1.56. The Morgan fingerprint density at radius 2 is 1.91 bits per heavy atom. The summed E-state index contributed by atoms with van der Waals surface area (Å²) in [5.74, 6) is -1.55. The van der Waals surface area contributed by atoms with E-state index in [-0.39, 0.29) is 29.8 Å². The number of aliphatic hydroxyl groups excluding tert-OH is 2. The average Bonchev–Trinajstić information content (AvgIpc) is 3.22. The zero-order valence-corrected chi connectivity index (χ0v) is 22.9. The van der Waals surface area contributed by atoms with Crippen LogP contribution in [0.1, 0.15) is 84.3 Å². The Bertz CT molecular complexity index is 955. The normalized spacial score (nSPS) is 37.5. The van der Waals surface area contributed by atoms with Gasteiger partial charge < -0.3 is 19.7 Å². The van der Waals surface area contributed by atoms with Gasteiger partial charge in [-0.25, -0.2) is 4.98 Å². The van der Waals surface area contributed by atoms with E-state index in [0.717, 1.165) is 35.5 Å². The third-order valence-corrected chi connectivity index (χ3v) is 8.72. The number of thiazole rings is 1. The van der Waals surface area contributed by atoms with Crippen LogP contribution in [0.3, 0.4) is 0 Å². The fourth-order valence-electron chi connectivity index (χ4n) is 5.07. The van der Waals surface area contributed by atoms with E-state index in [0.29, 0.717) is 6.42 Å². The largest absolute Gasteiger partial charge is 0.458 e. The Morgan fingerprint density at radius 3 is 2.54 bits per heavy atom. The number of ether oxygens (including phenoxy) is 2. The number of fused-ring (bicyclic) bond motifs is 1. The molecule has 3 rings (SSSR count). The summed E-state index contributed by atoms with van der Waals surface area (Å²) in [4.78, 5) is 30.6.